The summed E-state index contributed by atoms with van der Waals surface area (Å²) in [4.78, 5) is 12.1. The van der Waals surface area contributed by atoms with Crippen LogP contribution in [0, 0.1) is 13.8 Å². The van der Waals surface area contributed by atoms with E-state index in [1.54, 1.807) is 7.11 Å². The van der Waals surface area contributed by atoms with Crippen LogP contribution in [0.25, 0.3) is 10.9 Å². The molecule has 3 rings (SSSR count). The maximum Gasteiger partial charge on any atom is 0.179 e. The van der Waals surface area contributed by atoms with E-state index in [2.05, 4.69) is 16.7 Å². The van der Waals surface area contributed by atoms with Crippen LogP contribution >= 0.6 is 0 Å². The summed E-state index contributed by atoms with van der Waals surface area (Å²) in [5, 5.41) is 1.14. The average molecular weight is 243 g/mol. The number of carbonyl (C=O) groups is 1. The molecule has 1 aromatic carbocycles. The van der Waals surface area contributed by atoms with Crippen molar-refractivity contribution in [3.8, 4) is 5.75 Å². The molecule has 0 fully saturated rings. The predicted molar refractivity (Wildman–Crippen MR) is 71.5 cm³/mol. The van der Waals surface area contributed by atoms with Crippen molar-refractivity contribution in [2.45, 2.75) is 33.2 Å². The highest BCUT2D eigenvalue weighted by Crippen LogP contribution is 2.34. The van der Waals surface area contributed by atoms with Crippen LogP contribution in [-0.2, 0) is 6.54 Å². The molecule has 3 heteroatoms. The van der Waals surface area contributed by atoms with Gasteiger partial charge in [0.25, 0.3) is 0 Å². The quantitative estimate of drug-likeness (QED) is 0.770. The minimum Gasteiger partial charge on any atom is -0.496 e. The fraction of sp³-hybridized carbons (Fsp3) is 0.400. The first-order valence-corrected chi connectivity index (χ1v) is 6.34. The van der Waals surface area contributed by atoms with Crippen LogP contribution in [0.15, 0.2) is 12.1 Å². The van der Waals surface area contributed by atoms with Crippen LogP contribution in [0.4, 0.5) is 0 Å². The van der Waals surface area contributed by atoms with Crippen LogP contribution in [0.3, 0.4) is 0 Å². The van der Waals surface area contributed by atoms with Gasteiger partial charge in [0.05, 0.1) is 12.8 Å². The van der Waals surface area contributed by atoms with Crippen molar-refractivity contribution >= 4 is 16.7 Å². The maximum absolute atomic E-state index is 12.1. The van der Waals surface area contributed by atoms with Crippen LogP contribution in [0.2, 0.25) is 0 Å². The molecule has 18 heavy (non-hydrogen) atoms. The molecule has 1 aliphatic heterocycles. The fourth-order valence-corrected chi connectivity index (χ4v) is 2.97. The van der Waals surface area contributed by atoms with E-state index in [1.807, 2.05) is 13.8 Å². The van der Waals surface area contributed by atoms with E-state index in [0.29, 0.717) is 6.42 Å². The molecule has 0 radical (unpaired) electrons. The number of fused-ring (bicyclic) bond motifs is 3. The zero-order valence-electron chi connectivity index (χ0n) is 11.0. The van der Waals surface area contributed by atoms with E-state index in [-0.39, 0.29) is 5.78 Å². The van der Waals surface area contributed by atoms with Gasteiger partial charge < -0.3 is 9.30 Å². The van der Waals surface area contributed by atoms with E-state index in [0.717, 1.165) is 46.4 Å². The Labute approximate surface area is 106 Å². The van der Waals surface area contributed by atoms with Crippen LogP contribution in [0.5, 0.6) is 5.75 Å². The molecule has 0 aliphatic carbocycles. The molecule has 3 nitrogen and oxygen atoms in total. The summed E-state index contributed by atoms with van der Waals surface area (Å²) in [6.45, 7) is 5.02. The number of aryl methyl sites for hydroxylation is 3. The van der Waals surface area contributed by atoms with Gasteiger partial charge in [0.2, 0.25) is 0 Å². The number of Topliss-reactive ketones (excluding diaryl/α,β-unsaturated/α-hetero) is 1. The Morgan fingerprint density at radius 3 is 2.78 bits per heavy atom. The third-order valence-electron chi connectivity index (χ3n) is 3.88. The van der Waals surface area contributed by atoms with E-state index in [9.17, 15) is 4.79 Å². The molecule has 0 bridgehead atoms. The average Bonchev–Trinajstić information content (AvgIpc) is 2.63. The highest BCUT2D eigenvalue weighted by molar-refractivity contribution is 6.03. The van der Waals surface area contributed by atoms with E-state index in [4.69, 9.17) is 4.74 Å². The molecule has 1 aromatic heterocycles. The Morgan fingerprint density at radius 2 is 2.06 bits per heavy atom. The third-order valence-corrected chi connectivity index (χ3v) is 3.88. The number of methoxy groups -OCH3 is 1. The molecule has 94 valence electrons. The van der Waals surface area contributed by atoms with Gasteiger partial charge in [-0.15, -0.1) is 0 Å². The summed E-state index contributed by atoms with van der Waals surface area (Å²) in [6.07, 6.45) is 1.62. The Hall–Kier alpha value is -1.77. The number of hydrogen-bond donors (Lipinski definition) is 0. The molecule has 0 amide bonds. The Balaban J connectivity index is 2.39. The molecule has 0 N–H and O–H groups in total. The lowest BCUT2D eigenvalue weighted by molar-refractivity contribution is 0.0955. The van der Waals surface area contributed by atoms with Gasteiger partial charge >= 0.3 is 0 Å². The number of aromatic nitrogens is 1. The SMILES string of the molecule is COc1cc2c(C)c3n(c2cc1C)CCCC3=O. The molecule has 2 aromatic rings. The molecular formula is C15H17NO2. The van der Waals surface area contributed by atoms with Crippen molar-refractivity contribution in [2.75, 3.05) is 7.11 Å². The van der Waals surface area contributed by atoms with Crippen LogP contribution in [-0.4, -0.2) is 17.5 Å². The summed E-state index contributed by atoms with van der Waals surface area (Å²) in [5.74, 6) is 1.16. The summed E-state index contributed by atoms with van der Waals surface area (Å²) >= 11 is 0. The number of ketones is 1. The fourth-order valence-electron chi connectivity index (χ4n) is 2.97. The third kappa shape index (κ3) is 1.40. The number of nitrogens with zero attached hydrogens (tertiary/aromatic N) is 1. The summed E-state index contributed by atoms with van der Waals surface area (Å²) in [5.41, 5.74) is 4.26. The van der Waals surface area contributed by atoms with Gasteiger partial charge in [0.1, 0.15) is 5.75 Å². The second-order valence-electron chi connectivity index (χ2n) is 4.99. The van der Waals surface area contributed by atoms with Gasteiger partial charge in [-0.05, 0) is 43.5 Å². The van der Waals surface area contributed by atoms with Crippen molar-refractivity contribution in [2.24, 2.45) is 0 Å². The number of ether oxygens (including phenoxy) is 1. The second-order valence-corrected chi connectivity index (χ2v) is 4.99. The second kappa shape index (κ2) is 3.87. The topological polar surface area (TPSA) is 31.2 Å². The summed E-state index contributed by atoms with van der Waals surface area (Å²) < 4.78 is 7.54. The lowest BCUT2D eigenvalue weighted by Gasteiger charge is -2.15. The van der Waals surface area contributed by atoms with Crippen molar-refractivity contribution in [1.29, 1.82) is 0 Å². The first-order valence-electron chi connectivity index (χ1n) is 6.34. The highest BCUT2D eigenvalue weighted by Gasteiger charge is 2.24. The Kier molecular flexibility index (Phi) is 2.44. The summed E-state index contributed by atoms with van der Waals surface area (Å²) in [7, 11) is 1.69. The number of rotatable bonds is 1. The lowest BCUT2D eigenvalue weighted by Crippen LogP contribution is -2.16. The maximum atomic E-state index is 12.1. The van der Waals surface area contributed by atoms with Crippen molar-refractivity contribution < 1.29 is 9.53 Å². The molecule has 1 aliphatic rings. The minimum absolute atomic E-state index is 0.270. The van der Waals surface area contributed by atoms with Crippen LogP contribution in [0.1, 0.15) is 34.5 Å². The molecule has 0 unspecified atom stereocenters. The zero-order valence-corrected chi connectivity index (χ0v) is 11.0. The molecular weight excluding hydrogens is 226 g/mol. The summed E-state index contributed by atoms with van der Waals surface area (Å²) in [6, 6.07) is 4.18. The van der Waals surface area contributed by atoms with E-state index < -0.39 is 0 Å². The number of benzene rings is 1. The first-order chi connectivity index (χ1) is 8.63. The smallest absolute Gasteiger partial charge is 0.179 e. The van der Waals surface area contributed by atoms with Gasteiger partial charge in [-0.3, -0.25) is 4.79 Å². The minimum atomic E-state index is 0.270. The van der Waals surface area contributed by atoms with Gasteiger partial charge in [-0.25, -0.2) is 0 Å². The lowest BCUT2D eigenvalue weighted by atomic mass is 10.0. The monoisotopic (exact) mass is 243 g/mol. The van der Waals surface area contributed by atoms with Gasteiger partial charge in [-0.1, -0.05) is 0 Å². The van der Waals surface area contributed by atoms with Crippen LogP contribution < -0.4 is 4.74 Å². The molecule has 0 saturated carbocycles. The predicted octanol–water partition coefficient (Wildman–Crippen LogP) is 3.24. The molecule has 0 atom stereocenters. The Bertz CT molecular complexity index is 652. The highest BCUT2D eigenvalue weighted by atomic mass is 16.5. The molecule has 2 heterocycles. The first kappa shape index (κ1) is 11.3. The molecule has 0 saturated heterocycles. The number of carbonyl (C=O) groups excluding carboxylic acids is 1. The van der Waals surface area contributed by atoms with E-state index >= 15 is 0 Å². The molecule has 0 spiro atoms. The Morgan fingerprint density at radius 1 is 1.28 bits per heavy atom. The van der Waals surface area contributed by atoms with Crippen molar-refractivity contribution in [3.05, 3.63) is 29.0 Å². The van der Waals surface area contributed by atoms with Gasteiger partial charge in [0, 0.05) is 23.9 Å². The number of hydrogen-bond acceptors (Lipinski definition) is 2. The largest absolute Gasteiger partial charge is 0.496 e. The van der Waals surface area contributed by atoms with Crippen molar-refractivity contribution in [1.82, 2.24) is 4.57 Å². The van der Waals surface area contributed by atoms with Gasteiger partial charge in [-0.2, -0.15) is 0 Å². The zero-order chi connectivity index (χ0) is 12.9. The standard InChI is InChI=1S/C15H17NO2/c1-9-7-12-11(8-14(9)18-3)10(2)15-13(17)5-4-6-16(12)15/h7-8H,4-6H2,1-3H3. The van der Waals surface area contributed by atoms with E-state index in [1.165, 1.54) is 0 Å². The normalized spacial score (nSPS) is 14.9. The van der Waals surface area contributed by atoms with Crippen molar-refractivity contribution in [3.63, 3.8) is 0 Å². The van der Waals surface area contributed by atoms with Gasteiger partial charge in [0.15, 0.2) is 5.78 Å².